The number of aliphatic hydroxyl groups excluding tert-OH is 1. The number of aliphatic carboxylic acids is 1. The molecule has 0 aromatic heterocycles. The fourth-order valence-corrected chi connectivity index (χ4v) is 10.8. The Bertz CT molecular complexity index is 1130. The smallest absolute Gasteiger partial charge is 0.325 e. The minimum atomic E-state index is -1.03. The number of amides is 1. The zero-order valence-corrected chi connectivity index (χ0v) is 25.4. The molecule has 0 radical (unpaired) electrons. The van der Waals surface area contributed by atoms with E-state index in [1.165, 1.54) is 12.5 Å². The van der Waals surface area contributed by atoms with Crippen molar-refractivity contribution in [3.8, 4) is 0 Å². The van der Waals surface area contributed by atoms with Gasteiger partial charge in [0, 0.05) is 11.3 Å². The minimum Gasteiger partial charge on any atom is -0.480 e. The molecule has 1 amide bonds. The Morgan fingerprint density at radius 1 is 0.949 bits per heavy atom. The first-order chi connectivity index (χ1) is 17.9. The fraction of sp³-hybridized carbons (Fsp3) is 0.848. The Morgan fingerprint density at radius 3 is 2.23 bits per heavy atom. The summed E-state index contributed by atoms with van der Waals surface area (Å²) in [5.74, 6) is -0.596. The zero-order chi connectivity index (χ0) is 29.0. The van der Waals surface area contributed by atoms with Gasteiger partial charge in [-0.1, -0.05) is 54.0 Å². The van der Waals surface area contributed by atoms with Crippen LogP contribution in [0.3, 0.4) is 0 Å². The van der Waals surface area contributed by atoms with Crippen molar-refractivity contribution in [2.45, 2.75) is 125 Å². The van der Waals surface area contributed by atoms with Crippen molar-refractivity contribution >= 4 is 17.7 Å². The lowest BCUT2D eigenvalue weighted by Crippen LogP contribution is -2.66. The Balaban J connectivity index is 1.54. The average molecular weight is 542 g/mol. The predicted molar refractivity (Wildman–Crippen MR) is 151 cm³/mol. The van der Waals surface area contributed by atoms with Gasteiger partial charge in [0.2, 0.25) is 5.91 Å². The van der Waals surface area contributed by atoms with Gasteiger partial charge in [-0.3, -0.25) is 14.4 Å². The number of hydrogen-bond donors (Lipinski definition) is 3. The molecule has 4 fully saturated rings. The molecule has 218 valence electrons. The van der Waals surface area contributed by atoms with Gasteiger partial charge in [0.05, 0.1) is 6.10 Å². The summed E-state index contributed by atoms with van der Waals surface area (Å²) in [5, 5.41) is 23.0. The molecule has 3 N–H and O–H groups in total. The maximum absolute atomic E-state index is 14.4. The topological polar surface area (TPSA) is 104 Å². The fourth-order valence-electron chi connectivity index (χ4n) is 10.8. The summed E-state index contributed by atoms with van der Waals surface area (Å²) in [4.78, 5) is 39.3. The van der Waals surface area contributed by atoms with Gasteiger partial charge < -0.3 is 15.5 Å². The van der Waals surface area contributed by atoms with E-state index in [0.29, 0.717) is 12.3 Å². The quantitative estimate of drug-likeness (QED) is 0.412. The number of ketones is 1. The molecule has 0 aromatic rings. The lowest BCUT2D eigenvalue weighted by atomic mass is 9.33. The van der Waals surface area contributed by atoms with E-state index in [-0.39, 0.29) is 56.7 Å². The van der Waals surface area contributed by atoms with Crippen LogP contribution in [0.15, 0.2) is 11.6 Å². The molecule has 0 aliphatic heterocycles. The highest BCUT2D eigenvalue weighted by Gasteiger charge is 2.70. The molecule has 0 aromatic carbocycles. The standard InChI is InChI=1S/C33H51NO5/c1-19(26(37)38)34-27(39)30(5)14-13-29(4)15-16-32(7)20(21(29)18-30)17-22(35)25-31(6)11-10-24(36)28(2,3)23(31)9-12-33(25,32)8/h17,19,21,23-25,36H,9-16,18H2,1-8H3,(H,34,39)(H,37,38)/t19-,21-,23-,24-,25+,29+,30-,31-,32+,33+/m0/s1. The molecule has 5 aliphatic carbocycles. The average Bonchev–Trinajstić information content (AvgIpc) is 2.84. The lowest BCUT2D eigenvalue weighted by molar-refractivity contribution is -0.202. The molecule has 0 heterocycles. The number of carbonyl (C=O) groups excluding carboxylic acids is 2. The summed E-state index contributed by atoms with van der Waals surface area (Å²) < 4.78 is 0. The first-order valence-electron chi connectivity index (χ1n) is 15.3. The van der Waals surface area contributed by atoms with E-state index < -0.39 is 17.4 Å². The van der Waals surface area contributed by atoms with Crippen LogP contribution in [-0.2, 0) is 14.4 Å². The molecule has 39 heavy (non-hydrogen) atoms. The highest BCUT2D eigenvalue weighted by Crippen LogP contribution is 2.75. The summed E-state index contributed by atoms with van der Waals surface area (Å²) in [5.41, 5.74) is -0.0447. The number of aliphatic hydroxyl groups is 1. The monoisotopic (exact) mass is 541 g/mol. The molecule has 6 nitrogen and oxygen atoms in total. The van der Waals surface area contributed by atoms with Crippen molar-refractivity contribution in [1.82, 2.24) is 5.32 Å². The van der Waals surface area contributed by atoms with E-state index >= 15 is 0 Å². The summed E-state index contributed by atoms with van der Waals surface area (Å²) in [7, 11) is 0. The van der Waals surface area contributed by atoms with Crippen molar-refractivity contribution in [1.29, 1.82) is 0 Å². The van der Waals surface area contributed by atoms with Gasteiger partial charge >= 0.3 is 5.97 Å². The molecule has 10 atom stereocenters. The van der Waals surface area contributed by atoms with Crippen LogP contribution in [0.5, 0.6) is 0 Å². The third-order valence-electron chi connectivity index (χ3n) is 13.8. The van der Waals surface area contributed by atoms with Crippen molar-refractivity contribution in [2.75, 3.05) is 0 Å². The van der Waals surface area contributed by atoms with E-state index in [0.717, 1.165) is 51.4 Å². The number of allylic oxidation sites excluding steroid dienone is 2. The lowest BCUT2D eigenvalue weighted by Gasteiger charge is -2.70. The number of rotatable bonds is 3. The molecule has 4 saturated carbocycles. The Labute approximate surface area is 234 Å². The molecule has 0 spiro atoms. The van der Waals surface area contributed by atoms with Gasteiger partial charge in [0.1, 0.15) is 6.04 Å². The SMILES string of the molecule is C[C@H](NC(=O)[C@@]1(C)CC[C@]2(C)CC[C@]3(C)C(=CC(=O)[C@@H]4[C@@]5(C)CC[C@H](O)C(C)(C)[C@@H]5CC[C@]43C)[C@@H]2C1)C(=O)O. The van der Waals surface area contributed by atoms with E-state index in [1.54, 1.807) is 0 Å². The third-order valence-corrected chi connectivity index (χ3v) is 13.8. The Morgan fingerprint density at radius 2 is 1.59 bits per heavy atom. The summed E-state index contributed by atoms with van der Waals surface area (Å²) in [6, 6.07) is -0.927. The normalized spacial score (nSPS) is 49.4. The minimum absolute atomic E-state index is 0.0328. The molecular weight excluding hydrogens is 490 g/mol. The number of fused-ring (bicyclic) bond motifs is 7. The number of carboxylic acids is 1. The summed E-state index contributed by atoms with van der Waals surface area (Å²) in [6.07, 6.45) is 9.73. The second kappa shape index (κ2) is 8.66. The van der Waals surface area contributed by atoms with Crippen molar-refractivity contribution in [3.63, 3.8) is 0 Å². The predicted octanol–water partition coefficient (Wildman–Crippen LogP) is 5.92. The molecule has 5 rings (SSSR count). The number of hydrogen-bond acceptors (Lipinski definition) is 4. The van der Waals surface area contributed by atoms with Crippen molar-refractivity contribution < 1.29 is 24.6 Å². The maximum atomic E-state index is 14.4. The van der Waals surface area contributed by atoms with E-state index in [1.807, 2.05) is 13.0 Å². The van der Waals surface area contributed by atoms with Crippen LogP contribution in [0.2, 0.25) is 0 Å². The van der Waals surface area contributed by atoms with Crippen LogP contribution in [0.4, 0.5) is 0 Å². The van der Waals surface area contributed by atoms with Gasteiger partial charge in [0.15, 0.2) is 5.78 Å². The van der Waals surface area contributed by atoms with E-state index in [4.69, 9.17) is 0 Å². The molecule has 0 bridgehead atoms. The van der Waals surface area contributed by atoms with Gasteiger partial charge in [0.25, 0.3) is 0 Å². The van der Waals surface area contributed by atoms with Crippen LogP contribution in [0.1, 0.15) is 113 Å². The second-order valence-corrected chi connectivity index (χ2v) is 16.2. The summed E-state index contributed by atoms with van der Waals surface area (Å²) in [6.45, 7) is 17.4. The highest BCUT2D eigenvalue weighted by atomic mass is 16.4. The summed E-state index contributed by atoms with van der Waals surface area (Å²) >= 11 is 0. The van der Waals surface area contributed by atoms with Crippen molar-refractivity contribution in [2.24, 2.45) is 50.2 Å². The van der Waals surface area contributed by atoms with Crippen LogP contribution in [-0.4, -0.2) is 40.0 Å². The van der Waals surface area contributed by atoms with Gasteiger partial charge in [-0.15, -0.1) is 0 Å². The van der Waals surface area contributed by atoms with Crippen molar-refractivity contribution in [3.05, 3.63) is 11.6 Å². The van der Waals surface area contributed by atoms with Crippen LogP contribution >= 0.6 is 0 Å². The van der Waals surface area contributed by atoms with Crippen LogP contribution in [0.25, 0.3) is 0 Å². The first-order valence-corrected chi connectivity index (χ1v) is 15.3. The largest absolute Gasteiger partial charge is 0.480 e. The Kier molecular flexibility index (Phi) is 6.40. The van der Waals surface area contributed by atoms with E-state index in [9.17, 15) is 24.6 Å². The van der Waals surface area contributed by atoms with Crippen LogP contribution in [0, 0.1) is 50.2 Å². The van der Waals surface area contributed by atoms with Gasteiger partial charge in [-0.25, -0.2) is 0 Å². The maximum Gasteiger partial charge on any atom is 0.325 e. The number of nitrogens with one attached hydrogen (secondary N) is 1. The highest BCUT2D eigenvalue weighted by molar-refractivity contribution is 5.96. The van der Waals surface area contributed by atoms with E-state index in [2.05, 4.69) is 46.9 Å². The molecular formula is C33H51NO5. The zero-order valence-electron chi connectivity index (χ0n) is 25.4. The molecule has 0 saturated heterocycles. The third kappa shape index (κ3) is 3.78. The number of carbonyl (C=O) groups is 3. The van der Waals surface area contributed by atoms with Gasteiger partial charge in [-0.05, 0) is 110 Å². The Hall–Kier alpha value is -1.69. The molecule has 5 aliphatic rings. The first kappa shape index (κ1) is 28.8. The van der Waals surface area contributed by atoms with Crippen LogP contribution < -0.4 is 5.32 Å². The van der Waals surface area contributed by atoms with Gasteiger partial charge in [-0.2, -0.15) is 0 Å². The number of carboxylic acid groups (broad SMARTS) is 1. The molecule has 0 unspecified atom stereocenters. The second-order valence-electron chi connectivity index (χ2n) is 16.2. The molecule has 6 heteroatoms.